The average molecular weight is 240 g/mol. The monoisotopic (exact) mass is 240 g/mol. The first-order valence-corrected chi connectivity index (χ1v) is 6.00. The maximum atomic E-state index is 13.2. The molecule has 2 unspecified atom stereocenters. The zero-order valence-corrected chi connectivity index (χ0v) is 10.2. The molecule has 1 aliphatic heterocycles. The molecule has 0 saturated carbocycles. The molecule has 1 aliphatic rings. The lowest BCUT2D eigenvalue weighted by molar-refractivity contribution is 0.386. The number of halogens is 2. The van der Waals surface area contributed by atoms with Gasteiger partial charge in [-0.2, -0.15) is 0 Å². The van der Waals surface area contributed by atoms with Gasteiger partial charge in [-0.3, -0.25) is 0 Å². The van der Waals surface area contributed by atoms with Crippen molar-refractivity contribution in [3.63, 3.8) is 0 Å². The molecule has 1 fully saturated rings. The molecule has 2 nitrogen and oxygen atoms in total. The second kappa shape index (κ2) is 5.00. The third-order valence-corrected chi connectivity index (χ3v) is 3.52. The number of hydrogen-bond donors (Lipinski definition) is 1. The third kappa shape index (κ3) is 2.57. The van der Waals surface area contributed by atoms with Crippen LogP contribution in [0, 0.1) is 11.6 Å². The molecule has 0 radical (unpaired) electrons. The summed E-state index contributed by atoms with van der Waals surface area (Å²) in [5.74, 6) is -1.56. The second-order valence-electron chi connectivity index (χ2n) is 4.65. The molecule has 1 aromatic carbocycles. The number of nitrogens with zero attached hydrogens (tertiary/aromatic N) is 1. The Morgan fingerprint density at radius 1 is 1.29 bits per heavy atom. The van der Waals surface area contributed by atoms with E-state index in [2.05, 4.69) is 17.1 Å². The third-order valence-electron chi connectivity index (χ3n) is 3.52. The van der Waals surface area contributed by atoms with Crippen molar-refractivity contribution in [1.29, 1.82) is 0 Å². The van der Waals surface area contributed by atoms with Crippen LogP contribution < -0.4 is 10.2 Å². The summed E-state index contributed by atoms with van der Waals surface area (Å²) in [5, 5.41) is 3.27. The highest BCUT2D eigenvalue weighted by Gasteiger charge is 2.24. The van der Waals surface area contributed by atoms with Gasteiger partial charge in [0.15, 0.2) is 11.6 Å². The van der Waals surface area contributed by atoms with E-state index in [1.165, 1.54) is 12.1 Å². The van der Waals surface area contributed by atoms with Gasteiger partial charge in [0.1, 0.15) is 0 Å². The van der Waals surface area contributed by atoms with Crippen molar-refractivity contribution < 1.29 is 8.78 Å². The Bertz CT molecular complexity index is 395. The first kappa shape index (κ1) is 12.3. The fraction of sp³-hybridized carbons (Fsp3) is 0.538. The minimum absolute atomic E-state index is 0.339. The van der Waals surface area contributed by atoms with Crippen molar-refractivity contribution in [3.8, 4) is 0 Å². The van der Waals surface area contributed by atoms with Gasteiger partial charge >= 0.3 is 0 Å². The molecular formula is C13H18F2N2. The van der Waals surface area contributed by atoms with Gasteiger partial charge < -0.3 is 10.2 Å². The van der Waals surface area contributed by atoms with Gasteiger partial charge in [0.2, 0.25) is 0 Å². The van der Waals surface area contributed by atoms with Crippen LogP contribution in [-0.4, -0.2) is 25.7 Å². The zero-order valence-electron chi connectivity index (χ0n) is 10.2. The van der Waals surface area contributed by atoms with E-state index in [0.29, 0.717) is 12.1 Å². The summed E-state index contributed by atoms with van der Waals surface area (Å²) in [4.78, 5) is 2.14. The summed E-state index contributed by atoms with van der Waals surface area (Å²) < 4.78 is 26.1. The standard InChI is InChI=1S/C13H18F2N2/c1-9-7-10(16-2)5-6-17(9)11-3-4-12(14)13(15)8-11/h3-4,8-10,16H,5-7H2,1-2H3. The predicted octanol–water partition coefficient (Wildman–Crippen LogP) is 2.54. The van der Waals surface area contributed by atoms with E-state index >= 15 is 0 Å². The van der Waals surface area contributed by atoms with E-state index in [9.17, 15) is 8.78 Å². The molecule has 94 valence electrons. The Morgan fingerprint density at radius 3 is 2.65 bits per heavy atom. The van der Waals surface area contributed by atoms with Crippen LogP contribution >= 0.6 is 0 Å². The molecule has 2 atom stereocenters. The molecule has 0 amide bonds. The van der Waals surface area contributed by atoms with Gasteiger partial charge in [-0.25, -0.2) is 8.78 Å². The Labute approximate surface area is 101 Å². The molecule has 0 aromatic heterocycles. The number of hydrogen-bond acceptors (Lipinski definition) is 2. The summed E-state index contributed by atoms with van der Waals surface area (Å²) in [7, 11) is 1.96. The Hall–Kier alpha value is -1.16. The van der Waals surface area contributed by atoms with Crippen molar-refractivity contribution >= 4 is 5.69 Å². The lowest BCUT2D eigenvalue weighted by Crippen LogP contribution is -2.46. The Morgan fingerprint density at radius 2 is 2.06 bits per heavy atom. The predicted molar refractivity (Wildman–Crippen MR) is 65.2 cm³/mol. The second-order valence-corrected chi connectivity index (χ2v) is 4.65. The number of piperidine rings is 1. The SMILES string of the molecule is CNC1CCN(c2ccc(F)c(F)c2)C(C)C1. The normalized spacial score (nSPS) is 25.1. The number of anilines is 1. The summed E-state index contributed by atoms with van der Waals surface area (Å²) in [6.07, 6.45) is 2.05. The number of nitrogens with one attached hydrogen (secondary N) is 1. The molecule has 0 spiro atoms. The molecule has 4 heteroatoms. The summed E-state index contributed by atoms with van der Waals surface area (Å²) in [6.45, 7) is 2.99. The van der Waals surface area contributed by atoms with Crippen LogP contribution in [0.4, 0.5) is 14.5 Å². The van der Waals surface area contributed by atoms with Gasteiger partial charge in [0.25, 0.3) is 0 Å². The van der Waals surface area contributed by atoms with Crippen LogP contribution in [0.15, 0.2) is 18.2 Å². The molecule has 0 aliphatic carbocycles. The first-order valence-electron chi connectivity index (χ1n) is 6.00. The molecule has 2 rings (SSSR count). The minimum Gasteiger partial charge on any atom is -0.369 e. The lowest BCUT2D eigenvalue weighted by atomic mass is 9.98. The van der Waals surface area contributed by atoms with Crippen molar-refractivity contribution in [3.05, 3.63) is 29.8 Å². The molecule has 0 bridgehead atoms. The molecule has 1 heterocycles. The summed E-state index contributed by atoms with van der Waals surface area (Å²) >= 11 is 0. The Balaban J connectivity index is 2.14. The van der Waals surface area contributed by atoms with Gasteiger partial charge in [-0.1, -0.05) is 0 Å². The van der Waals surface area contributed by atoms with Crippen LogP contribution in [0.1, 0.15) is 19.8 Å². The zero-order chi connectivity index (χ0) is 12.4. The quantitative estimate of drug-likeness (QED) is 0.854. The van der Waals surface area contributed by atoms with Gasteiger partial charge in [0, 0.05) is 30.4 Å². The molecule has 1 saturated heterocycles. The average Bonchev–Trinajstić information content (AvgIpc) is 2.32. The fourth-order valence-electron chi connectivity index (χ4n) is 2.48. The molecular weight excluding hydrogens is 222 g/mol. The van der Waals surface area contributed by atoms with Crippen molar-refractivity contribution in [2.24, 2.45) is 0 Å². The maximum absolute atomic E-state index is 13.2. The maximum Gasteiger partial charge on any atom is 0.160 e. The van der Waals surface area contributed by atoms with E-state index in [1.54, 1.807) is 6.07 Å². The highest BCUT2D eigenvalue weighted by Crippen LogP contribution is 2.26. The summed E-state index contributed by atoms with van der Waals surface area (Å²) in [5.41, 5.74) is 0.769. The molecule has 1 N–H and O–H groups in total. The topological polar surface area (TPSA) is 15.3 Å². The number of rotatable bonds is 2. The Kier molecular flexibility index (Phi) is 3.62. The highest BCUT2D eigenvalue weighted by molar-refractivity contribution is 5.48. The van der Waals surface area contributed by atoms with Gasteiger partial charge in [0.05, 0.1) is 0 Å². The van der Waals surface area contributed by atoms with Crippen molar-refractivity contribution in [2.75, 3.05) is 18.5 Å². The van der Waals surface area contributed by atoms with Gasteiger partial charge in [-0.05, 0) is 38.9 Å². The minimum atomic E-state index is -0.786. The number of benzene rings is 1. The van der Waals surface area contributed by atoms with E-state index in [4.69, 9.17) is 0 Å². The van der Waals surface area contributed by atoms with E-state index in [0.717, 1.165) is 25.1 Å². The van der Waals surface area contributed by atoms with Gasteiger partial charge in [-0.15, -0.1) is 0 Å². The van der Waals surface area contributed by atoms with Crippen LogP contribution in [0.25, 0.3) is 0 Å². The van der Waals surface area contributed by atoms with Crippen LogP contribution in [0.3, 0.4) is 0 Å². The van der Waals surface area contributed by atoms with Crippen LogP contribution in [0.5, 0.6) is 0 Å². The van der Waals surface area contributed by atoms with Crippen molar-refractivity contribution in [2.45, 2.75) is 31.8 Å². The van der Waals surface area contributed by atoms with Crippen molar-refractivity contribution in [1.82, 2.24) is 5.32 Å². The van der Waals surface area contributed by atoms with Crippen LogP contribution in [0.2, 0.25) is 0 Å². The molecule has 1 aromatic rings. The van der Waals surface area contributed by atoms with E-state index < -0.39 is 11.6 Å². The first-order chi connectivity index (χ1) is 8.11. The highest BCUT2D eigenvalue weighted by atomic mass is 19.2. The smallest absolute Gasteiger partial charge is 0.160 e. The van der Waals surface area contributed by atoms with Crippen LogP contribution in [-0.2, 0) is 0 Å². The largest absolute Gasteiger partial charge is 0.369 e. The molecule has 17 heavy (non-hydrogen) atoms. The van der Waals surface area contributed by atoms with E-state index in [1.807, 2.05) is 7.05 Å². The summed E-state index contributed by atoms with van der Waals surface area (Å²) in [6, 6.07) is 4.99. The fourth-order valence-corrected chi connectivity index (χ4v) is 2.48. The lowest BCUT2D eigenvalue weighted by Gasteiger charge is -2.39. The van der Waals surface area contributed by atoms with E-state index in [-0.39, 0.29) is 0 Å².